The summed E-state index contributed by atoms with van der Waals surface area (Å²) in [6.07, 6.45) is 1.88. The van der Waals surface area contributed by atoms with Crippen molar-refractivity contribution in [2.75, 3.05) is 12.3 Å². The molecule has 0 unspecified atom stereocenters. The van der Waals surface area contributed by atoms with E-state index in [1.54, 1.807) is 6.92 Å². The molecule has 0 heterocycles. The number of aryl methyl sites for hydroxylation is 1. The quantitative estimate of drug-likeness (QED) is 0.639. The molecule has 0 aliphatic heterocycles. The highest BCUT2D eigenvalue weighted by Gasteiger charge is 2.01. The lowest BCUT2D eigenvalue weighted by Crippen LogP contribution is -2.21. The second-order valence-electron chi connectivity index (χ2n) is 4.48. The van der Waals surface area contributed by atoms with Crippen molar-refractivity contribution in [2.24, 2.45) is 0 Å². The van der Waals surface area contributed by atoms with Crippen LogP contribution in [0.15, 0.2) is 36.4 Å². The van der Waals surface area contributed by atoms with Crippen LogP contribution in [0.25, 0.3) is 10.8 Å². The number of amides is 1. The van der Waals surface area contributed by atoms with Crippen LogP contribution in [0, 0.1) is 0 Å². The predicted octanol–water partition coefficient (Wildman–Crippen LogP) is 2.49. The van der Waals surface area contributed by atoms with Crippen LogP contribution in [-0.4, -0.2) is 12.5 Å². The van der Waals surface area contributed by atoms with Crippen LogP contribution in [0.4, 0.5) is 5.69 Å². The van der Waals surface area contributed by atoms with Gasteiger partial charge in [0.15, 0.2) is 0 Å². The standard InChI is InChI=1S/C15H18N2O/c1-11(18)17-9-3-6-12-4-2-5-13-7-8-14(16)10-15(12)13/h2,4-5,7-8,10H,3,6,9,16H2,1H3,(H,17,18). The van der Waals surface area contributed by atoms with Crippen LogP contribution < -0.4 is 11.1 Å². The highest BCUT2D eigenvalue weighted by molar-refractivity contribution is 5.88. The van der Waals surface area contributed by atoms with Gasteiger partial charge in [-0.2, -0.15) is 0 Å². The van der Waals surface area contributed by atoms with Crippen molar-refractivity contribution in [1.29, 1.82) is 0 Å². The van der Waals surface area contributed by atoms with Gasteiger partial charge in [-0.3, -0.25) is 4.79 Å². The van der Waals surface area contributed by atoms with E-state index in [9.17, 15) is 4.79 Å². The maximum Gasteiger partial charge on any atom is 0.216 e. The summed E-state index contributed by atoms with van der Waals surface area (Å²) < 4.78 is 0. The fraction of sp³-hybridized carbons (Fsp3) is 0.267. The number of rotatable bonds is 4. The van der Waals surface area contributed by atoms with Crippen molar-refractivity contribution in [1.82, 2.24) is 5.32 Å². The maximum atomic E-state index is 10.8. The lowest BCUT2D eigenvalue weighted by molar-refractivity contribution is -0.118. The molecule has 2 aromatic rings. The molecule has 0 radical (unpaired) electrons. The molecule has 0 fully saturated rings. The zero-order chi connectivity index (χ0) is 13.0. The van der Waals surface area contributed by atoms with Crippen LogP contribution in [0.3, 0.4) is 0 Å². The van der Waals surface area contributed by atoms with E-state index in [4.69, 9.17) is 5.73 Å². The SMILES string of the molecule is CC(=O)NCCCc1cccc2ccc(N)cc12. The van der Waals surface area contributed by atoms with Crippen LogP contribution in [0.5, 0.6) is 0 Å². The molecule has 0 spiro atoms. The second kappa shape index (κ2) is 5.54. The topological polar surface area (TPSA) is 55.1 Å². The number of carbonyl (C=O) groups is 1. The van der Waals surface area contributed by atoms with Crippen molar-refractivity contribution in [3.05, 3.63) is 42.0 Å². The highest BCUT2D eigenvalue weighted by Crippen LogP contribution is 2.22. The zero-order valence-corrected chi connectivity index (χ0v) is 10.6. The lowest BCUT2D eigenvalue weighted by Gasteiger charge is -2.07. The van der Waals surface area contributed by atoms with Gasteiger partial charge in [-0.15, -0.1) is 0 Å². The van der Waals surface area contributed by atoms with E-state index >= 15 is 0 Å². The minimum atomic E-state index is 0.0252. The Kier molecular flexibility index (Phi) is 3.82. The highest BCUT2D eigenvalue weighted by atomic mass is 16.1. The van der Waals surface area contributed by atoms with Gasteiger partial charge in [0, 0.05) is 19.2 Å². The largest absolute Gasteiger partial charge is 0.399 e. The number of fused-ring (bicyclic) bond motifs is 1. The predicted molar refractivity (Wildman–Crippen MR) is 75.4 cm³/mol. The van der Waals surface area contributed by atoms with Crippen molar-refractivity contribution in [3.8, 4) is 0 Å². The number of nitrogen functional groups attached to an aromatic ring is 1. The molecule has 0 saturated carbocycles. The summed E-state index contributed by atoms with van der Waals surface area (Å²) in [5, 5.41) is 5.23. The van der Waals surface area contributed by atoms with E-state index in [1.165, 1.54) is 16.3 Å². The summed E-state index contributed by atoms with van der Waals surface area (Å²) in [4.78, 5) is 10.8. The smallest absolute Gasteiger partial charge is 0.216 e. The fourth-order valence-corrected chi connectivity index (χ4v) is 2.12. The molecule has 2 rings (SSSR count). The number of carbonyl (C=O) groups excluding carboxylic acids is 1. The summed E-state index contributed by atoms with van der Waals surface area (Å²) in [5.41, 5.74) is 7.90. The Morgan fingerprint density at radius 3 is 2.89 bits per heavy atom. The van der Waals surface area contributed by atoms with Crippen molar-refractivity contribution >= 4 is 22.4 Å². The van der Waals surface area contributed by atoms with E-state index in [2.05, 4.69) is 23.5 Å². The first-order chi connectivity index (χ1) is 8.66. The zero-order valence-electron chi connectivity index (χ0n) is 10.6. The number of hydrogen-bond acceptors (Lipinski definition) is 2. The average molecular weight is 242 g/mol. The maximum absolute atomic E-state index is 10.8. The van der Waals surface area contributed by atoms with E-state index in [1.807, 2.05) is 18.2 Å². The summed E-state index contributed by atoms with van der Waals surface area (Å²) in [5.74, 6) is 0.0252. The molecular weight excluding hydrogens is 224 g/mol. The molecule has 2 aromatic carbocycles. The third kappa shape index (κ3) is 3.00. The molecule has 0 aromatic heterocycles. The van der Waals surface area contributed by atoms with E-state index < -0.39 is 0 Å². The first-order valence-corrected chi connectivity index (χ1v) is 6.18. The number of benzene rings is 2. The van der Waals surface area contributed by atoms with Gasteiger partial charge in [0.1, 0.15) is 0 Å². The first-order valence-electron chi connectivity index (χ1n) is 6.18. The minimum absolute atomic E-state index is 0.0252. The first kappa shape index (κ1) is 12.4. The molecule has 0 bridgehead atoms. The van der Waals surface area contributed by atoms with Gasteiger partial charge < -0.3 is 11.1 Å². The van der Waals surface area contributed by atoms with Crippen LogP contribution >= 0.6 is 0 Å². The Morgan fingerprint density at radius 1 is 1.28 bits per heavy atom. The second-order valence-corrected chi connectivity index (χ2v) is 4.48. The molecule has 0 saturated heterocycles. The Morgan fingerprint density at radius 2 is 2.11 bits per heavy atom. The molecule has 0 aliphatic rings. The summed E-state index contributed by atoms with van der Waals surface area (Å²) in [6, 6.07) is 12.3. The van der Waals surface area contributed by atoms with Crippen molar-refractivity contribution < 1.29 is 4.79 Å². The molecule has 1 amide bonds. The van der Waals surface area contributed by atoms with Gasteiger partial charge in [0.05, 0.1) is 0 Å². The number of anilines is 1. The van der Waals surface area contributed by atoms with Crippen LogP contribution in [0.1, 0.15) is 18.9 Å². The molecule has 0 aliphatic carbocycles. The molecule has 3 nitrogen and oxygen atoms in total. The van der Waals surface area contributed by atoms with E-state index in [-0.39, 0.29) is 5.91 Å². The van der Waals surface area contributed by atoms with Crippen LogP contribution in [0.2, 0.25) is 0 Å². The normalized spacial score (nSPS) is 10.5. The molecular formula is C15H18N2O. The van der Waals surface area contributed by atoms with Gasteiger partial charge in [-0.1, -0.05) is 24.3 Å². The average Bonchev–Trinajstić information content (AvgIpc) is 2.34. The molecule has 18 heavy (non-hydrogen) atoms. The molecule has 3 heteroatoms. The van der Waals surface area contributed by atoms with Gasteiger partial charge in [0.25, 0.3) is 0 Å². The summed E-state index contributed by atoms with van der Waals surface area (Å²) in [7, 11) is 0. The summed E-state index contributed by atoms with van der Waals surface area (Å²) >= 11 is 0. The Bertz CT molecular complexity index is 563. The Balaban J connectivity index is 2.12. The minimum Gasteiger partial charge on any atom is -0.399 e. The number of nitrogens with two attached hydrogens (primary N) is 1. The van der Waals surface area contributed by atoms with Gasteiger partial charge >= 0.3 is 0 Å². The van der Waals surface area contributed by atoms with Crippen LogP contribution in [-0.2, 0) is 11.2 Å². The third-order valence-corrected chi connectivity index (χ3v) is 2.99. The Hall–Kier alpha value is -2.03. The van der Waals surface area contributed by atoms with Gasteiger partial charge in [-0.25, -0.2) is 0 Å². The molecule has 3 N–H and O–H groups in total. The van der Waals surface area contributed by atoms with Crippen molar-refractivity contribution in [3.63, 3.8) is 0 Å². The third-order valence-electron chi connectivity index (χ3n) is 2.99. The number of hydrogen-bond donors (Lipinski definition) is 2. The van der Waals surface area contributed by atoms with Gasteiger partial charge in [-0.05, 0) is 41.3 Å². The lowest BCUT2D eigenvalue weighted by atomic mass is 10.0. The molecule has 94 valence electrons. The van der Waals surface area contributed by atoms with E-state index in [0.29, 0.717) is 6.54 Å². The van der Waals surface area contributed by atoms with Crippen molar-refractivity contribution in [2.45, 2.75) is 19.8 Å². The number of nitrogens with one attached hydrogen (secondary N) is 1. The monoisotopic (exact) mass is 242 g/mol. The van der Waals surface area contributed by atoms with E-state index in [0.717, 1.165) is 18.5 Å². The fourth-order valence-electron chi connectivity index (χ4n) is 2.12. The molecule has 0 atom stereocenters. The van der Waals surface area contributed by atoms with Gasteiger partial charge in [0.2, 0.25) is 5.91 Å². The Labute approximate surface area is 107 Å². The summed E-state index contributed by atoms with van der Waals surface area (Å²) in [6.45, 7) is 2.26.